The van der Waals surface area contributed by atoms with Crippen molar-refractivity contribution in [3.8, 4) is 0 Å². The monoisotopic (exact) mass is 123 g/mol. The highest BCUT2D eigenvalue weighted by atomic mass is 15.3. The number of rotatable bonds is 0. The molecule has 0 aliphatic carbocycles. The quantitative estimate of drug-likeness (QED) is 0.482. The van der Waals surface area contributed by atoms with Crippen LogP contribution in [0.5, 0.6) is 0 Å². The number of hydrogen-bond donors (Lipinski definition) is 1. The molecule has 0 bridgehead atoms. The minimum Gasteiger partial charge on any atom is -0.322 e. The van der Waals surface area contributed by atoms with E-state index in [-0.39, 0.29) is 0 Å². The van der Waals surface area contributed by atoms with Crippen molar-refractivity contribution in [3.05, 3.63) is 11.8 Å². The lowest BCUT2D eigenvalue weighted by Gasteiger charge is -2.21. The highest BCUT2D eigenvalue weighted by Crippen LogP contribution is 2.09. The second-order valence-corrected chi connectivity index (χ2v) is 2.23. The van der Waals surface area contributed by atoms with Gasteiger partial charge in [0.05, 0.1) is 19.6 Å². The van der Waals surface area contributed by atoms with E-state index in [1.165, 1.54) is 5.70 Å². The molecular weight excluding hydrogens is 114 g/mol. The van der Waals surface area contributed by atoms with Gasteiger partial charge in [-0.25, -0.2) is 0 Å². The molecule has 0 unspecified atom stereocenters. The van der Waals surface area contributed by atoms with E-state index in [0.717, 1.165) is 19.8 Å². The molecule has 0 saturated carbocycles. The third-order valence-electron chi connectivity index (χ3n) is 1.61. The largest absolute Gasteiger partial charge is 0.322 e. The van der Waals surface area contributed by atoms with Crippen molar-refractivity contribution in [2.45, 2.75) is 0 Å². The van der Waals surface area contributed by atoms with Gasteiger partial charge in [0.1, 0.15) is 0 Å². The zero-order valence-electron chi connectivity index (χ0n) is 5.17. The van der Waals surface area contributed by atoms with E-state index >= 15 is 0 Å². The van der Waals surface area contributed by atoms with Crippen LogP contribution in [0.2, 0.25) is 0 Å². The summed E-state index contributed by atoms with van der Waals surface area (Å²) in [4.78, 5) is 6.25. The maximum absolute atomic E-state index is 4.12. The lowest BCUT2D eigenvalue weighted by Crippen LogP contribution is -2.35. The Hall–Kier alpha value is -0.830. The van der Waals surface area contributed by atoms with Crippen molar-refractivity contribution in [2.24, 2.45) is 4.99 Å². The first-order valence-corrected chi connectivity index (χ1v) is 3.13. The SMILES string of the molecule is C1=NCC2=CCNCN12. The van der Waals surface area contributed by atoms with Gasteiger partial charge >= 0.3 is 0 Å². The summed E-state index contributed by atoms with van der Waals surface area (Å²) in [6, 6.07) is 0. The van der Waals surface area contributed by atoms with Gasteiger partial charge in [0.15, 0.2) is 0 Å². The van der Waals surface area contributed by atoms with E-state index < -0.39 is 0 Å². The van der Waals surface area contributed by atoms with Crippen LogP contribution in [-0.4, -0.2) is 31.0 Å². The highest BCUT2D eigenvalue weighted by molar-refractivity contribution is 5.62. The molecule has 2 rings (SSSR count). The molecule has 9 heavy (non-hydrogen) atoms. The van der Waals surface area contributed by atoms with Crippen LogP contribution in [0, 0.1) is 0 Å². The van der Waals surface area contributed by atoms with Gasteiger partial charge in [-0.2, -0.15) is 0 Å². The van der Waals surface area contributed by atoms with Gasteiger partial charge < -0.3 is 4.90 Å². The normalized spacial score (nSPS) is 24.0. The second kappa shape index (κ2) is 1.84. The summed E-state index contributed by atoms with van der Waals surface area (Å²) in [6.07, 6.45) is 4.06. The van der Waals surface area contributed by atoms with Gasteiger partial charge in [-0.05, 0) is 6.08 Å². The molecule has 0 fully saturated rings. The molecule has 0 saturated heterocycles. The average Bonchev–Trinajstić information content (AvgIpc) is 2.33. The van der Waals surface area contributed by atoms with Gasteiger partial charge in [0.2, 0.25) is 0 Å². The fraction of sp³-hybridized carbons (Fsp3) is 0.500. The van der Waals surface area contributed by atoms with Gasteiger partial charge in [-0.15, -0.1) is 0 Å². The van der Waals surface area contributed by atoms with E-state index in [4.69, 9.17) is 0 Å². The minimum atomic E-state index is 0.877. The first kappa shape index (κ1) is 4.99. The molecule has 2 heterocycles. The Morgan fingerprint density at radius 1 is 1.67 bits per heavy atom. The van der Waals surface area contributed by atoms with Crippen molar-refractivity contribution in [2.75, 3.05) is 19.8 Å². The van der Waals surface area contributed by atoms with E-state index in [9.17, 15) is 0 Å². The van der Waals surface area contributed by atoms with Crippen molar-refractivity contribution in [1.82, 2.24) is 10.2 Å². The molecular formula is C6H9N3. The Kier molecular flexibility index (Phi) is 1.02. The number of nitrogens with zero attached hydrogens (tertiary/aromatic N) is 2. The van der Waals surface area contributed by atoms with Crippen LogP contribution in [0.4, 0.5) is 0 Å². The predicted molar refractivity (Wildman–Crippen MR) is 36.2 cm³/mol. The standard InChI is InChI=1S/C6H9N3/c1-2-7-4-9-5-8-3-6(1)9/h1,5,7H,2-4H2. The van der Waals surface area contributed by atoms with Crippen LogP contribution in [0.3, 0.4) is 0 Å². The molecule has 3 nitrogen and oxygen atoms in total. The Morgan fingerprint density at radius 3 is 3.56 bits per heavy atom. The number of hydrogen-bond acceptors (Lipinski definition) is 3. The van der Waals surface area contributed by atoms with E-state index in [1.54, 1.807) is 0 Å². The Morgan fingerprint density at radius 2 is 2.67 bits per heavy atom. The third kappa shape index (κ3) is 0.733. The summed E-state index contributed by atoms with van der Waals surface area (Å²) >= 11 is 0. The van der Waals surface area contributed by atoms with E-state index in [1.807, 2.05) is 6.34 Å². The van der Waals surface area contributed by atoms with Gasteiger partial charge in [0, 0.05) is 12.2 Å². The van der Waals surface area contributed by atoms with Crippen molar-refractivity contribution >= 4 is 6.34 Å². The van der Waals surface area contributed by atoms with Crippen molar-refractivity contribution in [1.29, 1.82) is 0 Å². The summed E-state index contributed by atoms with van der Waals surface area (Å²) in [5.74, 6) is 0. The predicted octanol–water partition coefficient (Wildman–Crippen LogP) is -0.225. The molecule has 0 amide bonds. The van der Waals surface area contributed by atoms with Gasteiger partial charge in [-0.3, -0.25) is 10.3 Å². The topological polar surface area (TPSA) is 27.6 Å². The average molecular weight is 123 g/mol. The number of fused-ring (bicyclic) bond motifs is 1. The Labute approximate surface area is 54.1 Å². The second-order valence-electron chi connectivity index (χ2n) is 2.23. The van der Waals surface area contributed by atoms with Gasteiger partial charge in [-0.1, -0.05) is 0 Å². The summed E-state index contributed by atoms with van der Waals surface area (Å²) in [6.45, 7) is 2.80. The zero-order chi connectivity index (χ0) is 6.10. The molecule has 0 radical (unpaired) electrons. The van der Waals surface area contributed by atoms with E-state index in [0.29, 0.717) is 0 Å². The summed E-state index contributed by atoms with van der Waals surface area (Å²) in [5, 5.41) is 3.21. The van der Waals surface area contributed by atoms with Crippen LogP contribution >= 0.6 is 0 Å². The molecule has 3 heteroatoms. The summed E-state index contributed by atoms with van der Waals surface area (Å²) in [5.41, 5.74) is 1.34. The Balaban J connectivity index is 2.22. The molecule has 2 aliphatic rings. The first-order valence-electron chi connectivity index (χ1n) is 3.13. The molecule has 0 aromatic heterocycles. The van der Waals surface area contributed by atoms with Gasteiger partial charge in [0.25, 0.3) is 0 Å². The smallest absolute Gasteiger partial charge is 0.0908 e. The fourth-order valence-corrected chi connectivity index (χ4v) is 1.10. The summed E-state index contributed by atoms with van der Waals surface area (Å²) in [7, 11) is 0. The highest BCUT2D eigenvalue weighted by Gasteiger charge is 2.13. The molecule has 0 aromatic rings. The minimum absolute atomic E-state index is 0.877. The number of nitrogens with one attached hydrogen (secondary N) is 1. The molecule has 0 aromatic carbocycles. The maximum atomic E-state index is 4.12. The molecule has 2 aliphatic heterocycles. The lowest BCUT2D eigenvalue weighted by molar-refractivity contribution is 0.462. The summed E-state index contributed by atoms with van der Waals surface area (Å²) < 4.78 is 0. The zero-order valence-corrected chi connectivity index (χ0v) is 5.17. The molecule has 48 valence electrons. The van der Waals surface area contributed by atoms with Crippen LogP contribution < -0.4 is 5.32 Å². The first-order chi connectivity index (χ1) is 4.47. The van der Waals surface area contributed by atoms with Crippen LogP contribution in [0.25, 0.3) is 0 Å². The molecule has 0 spiro atoms. The fourth-order valence-electron chi connectivity index (χ4n) is 1.10. The molecule has 1 N–H and O–H groups in total. The Bertz CT molecular complexity index is 171. The van der Waals surface area contributed by atoms with Crippen LogP contribution in [0.1, 0.15) is 0 Å². The van der Waals surface area contributed by atoms with Crippen LogP contribution in [-0.2, 0) is 0 Å². The lowest BCUT2D eigenvalue weighted by atomic mass is 10.3. The third-order valence-corrected chi connectivity index (χ3v) is 1.61. The van der Waals surface area contributed by atoms with E-state index in [2.05, 4.69) is 21.3 Å². The molecule has 0 atom stereocenters. The number of aliphatic imine (C=N–C) groups is 1. The van der Waals surface area contributed by atoms with Crippen LogP contribution in [0.15, 0.2) is 16.8 Å². The van der Waals surface area contributed by atoms with Crippen molar-refractivity contribution < 1.29 is 0 Å². The van der Waals surface area contributed by atoms with Crippen molar-refractivity contribution in [3.63, 3.8) is 0 Å². The maximum Gasteiger partial charge on any atom is 0.0908 e.